The Kier molecular flexibility index (Phi) is 5.03. The summed E-state index contributed by atoms with van der Waals surface area (Å²) in [6, 6.07) is 6.95. The summed E-state index contributed by atoms with van der Waals surface area (Å²) in [7, 11) is 0. The van der Waals surface area contributed by atoms with Crippen LogP contribution in [-0.2, 0) is 4.79 Å². The first kappa shape index (κ1) is 19.8. The van der Waals surface area contributed by atoms with Gasteiger partial charge in [-0.1, -0.05) is 11.8 Å². The van der Waals surface area contributed by atoms with E-state index in [4.69, 9.17) is 14.6 Å². The van der Waals surface area contributed by atoms with Crippen molar-refractivity contribution in [2.75, 3.05) is 11.5 Å². The van der Waals surface area contributed by atoms with Gasteiger partial charge in [-0.2, -0.15) is 5.10 Å². The molecule has 0 aliphatic carbocycles. The van der Waals surface area contributed by atoms with Crippen molar-refractivity contribution in [2.45, 2.75) is 31.5 Å². The molecule has 10 heteroatoms. The molecule has 4 aromatic heterocycles. The van der Waals surface area contributed by atoms with Gasteiger partial charge in [0.2, 0.25) is 0 Å². The number of thioether (sulfide) groups is 1. The van der Waals surface area contributed by atoms with Crippen LogP contribution in [0.4, 0.5) is 5.82 Å². The molecule has 31 heavy (non-hydrogen) atoms. The van der Waals surface area contributed by atoms with Gasteiger partial charge in [0.1, 0.15) is 33.9 Å². The number of fused-ring (bicyclic) bond motifs is 1. The minimum atomic E-state index is -0.320. The quantitative estimate of drug-likeness (QED) is 0.349. The van der Waals surface area contributed by atoms with E-state index in [1.165, 1.54) is 16.8 Å². The summed E-state index contributed by atoms with van der Waals surface area (Å²) in [5, 5.41) is 7.36. The van der Waals surface area contributed by atoms with E-state index in [1.54, 1.807) is 36.0 Å². The number of thiophene rings is 1. The van der Waals surface area contributed by atoms with Gasteiger partial charge in [-0.15, -0.1) is 11.3 Å². The van der Waals surface area contributed by atoms with Gasteiger partial charge in [0.25, 0.3) is 5.91 Å². The van der Waals surface area contributed by atoms with Crippen LogP contribution in [0, 0.1) is 13.8 Å². The van der Waals surface area contributed by atoms with Gasteiger partial charge in [-0.25, -0.2) is 15.0 Å². The number of anilines is 1. The molecule has 1 aliphatic heterocycles. The highest BCUT2D eigenvalue weighted by atomic mass is 32.2. The Morgan fingerprint density at radius 1 is 1.26 bits per heavy atom. The van der Waals surface area contributed by atoms with Crippen LogP contribution < -0.4 is 5.73 Å². The third-order valence-electron chi connectivity index (χ3n) is 5.20. The minimum absolute atomic E-state index is 0.125. The molecular formula is C21H19N5O3S2. The van der Waals surface area contributed by atoms with Crippen LogP contribution >= 0.6 is 23.1 Å². The highest BCUT2D eigenvalue weighted by Gasteiger charge is 2.35. The number of nitrogens with zero attached hydrogens (tertiary/aromatic N) is 4. The highest BCUT2D eigenvalue weighted by molar-refractivity contribution is 7.99. The first-order valence-corrected chi connectivity index (χ1v) is 11.4. The monoisotopic (exact) mass is 453 g/mol. The summed E-state index contributed by atoms with van der Waals surface area (Å²) >= 11 is 2.83. The van der Waals surface area contributed by atoms with E-state index in [0.29, 0.717) is 34.6 Å². The van der Waals surface area contributed by atoms with Gasteiger partial charge >= 0.3 is 0 Å². The largest absolute Gasteiger partial charge is 0.467 e. The smallest absolute Gasteiger partial charge is 0.253 e. The minimum Gasteiger partial charge on any atom is -0.467 e. The lowest BCUT2D eigenvalue weighted by atomic mass is 10.1. The van der Waals surface area contributed by atoms with Crippen molar-refractivity contribution in [1.82, 2.24) is 15.0 Å². The Morgan fingerprint density at radius 2 is 2.06 bits per heavy atom. The molecule has 0 spiro atoms. The third kappa shape index (κ3) is 3.61. The van der Waals surface area contributed by atoms with Crippen LogP contribution in [0.25, 0.3) is 10.2 Å². The number of nitrogens with two attached hydrogens (primary N) is 1. The van der Waals surface area contributed by atoms with Crippen molar-refractivity contribution in [3.05, 3.63) is 58.8 Å². The van der Waals surface area contributed by atoms with Crippen LogP contribution in [0.3, 0.4) is 0 Å². The standard InChI is InChI=1S/C21H19N5O3S2/c1-11-12(2)31-20-18(11)19(22)23-21(24-20)30-10-17(27)26-14(16-6-4-8-29-16)9-13(25-26)15-5-3-7-28-15/h3-8,14H,9-10H2,1-2H3,(H2,22,23,24). The van der Waals surface area contributed by atoms with Crippen LogP contribution in [-0.4, -0.2) is 32.3 Å². The first-order chi connectivity index (χ1) is 15.0. The molecule has 8 nitrogen and oxygen atoms in total. The summed E-state index contributed by atoms with van der Waals surface area (Å²) < 4.78 is 11.0. The number of aromatic nitrogens is 2. The Labute approximate surface area is 186 Å². The van der Waals surface area contributed by atoms with Gasteiger partial charge < -0.3 is 14.6 Å². The number of hydrazone groups is 1. The SMILES string of the molecule is Cc1sc2nc(SCC(=O)N3N=C(c4ccco4)CC3c3ccco3)nc(N)c2c1C. The van der Waals surface area contributed by atoms with E-state index in [0.717, 1.165) is 20.7 Å². The van der Waals surface area contributed by atoms with E-state index in [9.17, 15) is 4.79 Å². The molecule has 2 N–H and O–H groups in total. The Morgan fingerprint density at radius 3 is 2.81 bits per heavy atom. The highest BCUT2D eigenvalue weighted by Crippen LogP contribution is 2.35. The molecule has 0 saturated carbocycles. The number of aryl methyl sites for hydroxylation is 2. The van der Waals surface area contributed by atoms with Gasteiger partial charge in [-0.05, 0) is 43.7 Å². The van der Waals surface area contributed by atoms with Gasteiger partial charge in [0, 0.05) is 11.3 Å². The molecule has 0 aromatic carbocycles. The number of nitrogen functional groups attached to an aromatic ring is 1. The van der Waals surface area contributed by atoms with Crippen molar-refractivity contribution in [3.8, 4) is 0 Å². The molecule has 1 atom stereocenters. The third-order valence-corrected chi connectivity index (χ3v) is 7.14. The van der Waals surface area contributed by atoms with E-state index >= 15 is 0 Å². The summed E-state index contributed by atoms with van der Waals surface area (Å²) in [4.78, 5) is 24.1. The number of hydrogen-bond donors (Lipinski definition) is 1. The summed E-state index contributed by atoms with van der Waals surface area (Å²) in [6.45, 7) is 4.05. The number of carbonyl (C=O) groups excluding carboxylic acids is 1. The maximum absolute atomic E-state index is 13.1. The molecular weight excluding hydrogens is 434 g/mol. The predicted octanol–water partition coefficient (Wildman–Crippen LogP) is 4.55. The number of carbonyl (C=O) groups is 1. The van der Waals surface area contributed by atoms with E-state index < -0.39 is 0 Å². The molecule has 1 amide bonds. The fraction of sp³-hybridized carbons (Fsp3) is 0.238. The fourth-order valence-corrected chi connectivity index (χ4v) is 5.35. The van der Waals surface area contributed by atoms with Crippen molar-refractivity contribution in [2.24, 2.45) is 5.10 Å². The zero-order valence-electron chi connectivity index (χ0n) is 16.9. The zero-order chi connectivity index (χ0) is 21.5. The Hall–Kier alpha value is -3.11. The maximum Gasteiger partial charge on any atom is 0.253 e. The fourth-order valence-electron chi connectivity index (χ4n) is 3.55. The summed E-state index contributed by atoms with van der Waals surface area (Å²) in [5.41, 5.74) is 7.97. The number of hydrogen-bond acceptors (Lipinski definition) is 9. The molecule has 158 valence electrons. The van der Waals surface area contributed by atoms with Crippen LogP contribution in [0.5, 0.6) is 0 Å². The molecule has 4 aromatic rings. The van der Waals surface area contributed by atoms with Crippen molar-refractivity contribution >= 4 is 50.8 Å². The van der Waals surface area contributed by atoms with E-state index in [-0.39, 0.29) is 17.7 Å². The van der Waals surface area contributed by atoms with Crippen molar-refractivity contribution < 1.29 is 13.6 Å². The molecule has 0 fully saturated rings. The summed E-state index contributed by atoms with van der Waals surface area (Å²) in [6.07, 6.45) is 3.70. The molecule has 1 aliphatic rings. The average molecular weight is 454 g/mol. The number of amides is 1. The topological polar surface area (TPSA) is 111 Å². The number of furan rings is 2. The second-order valence-corrected chi connectivity index (χ2v) is 9.29. The van der Waals surface area contributed by atoms with Crippen LogP contribution in [0.1, 0.15) is 34.4 Å². The van der Waals surface area contributed by atoms with Gasteiger partial charge in [-0.3, -0.25) is 4.79 Å². The second kappa shape index (κ2) is 7.86. The van der Waals surface area contributed by atoms with E-state index in [1.807, 2.05) is 26.0 Å². The second-order valence-electron chi connectivity index (χ2n) is 7.14. The lowest BCUT2D eigenvalue weighted by Crippen LogP contribution is -2.28. The Bertz CT molecular complexity index is 1280. The van der Waals surface area contributed by atoms with Gasteiger partial charge in [0.05, 0.1) is 23.7 Å². The zero-order valence-corrected chi connectivity index (χ0v) is 18.5. The van der Waals surface area contributed by atoms with Crippen molar-refractivity contribution in [1.29, 1.82) is 0 Å². The maximum atomic E-state index is 13.1. The van der Waals surface area contributed by atoms with Crippen LogP contribution in [0.2, 0.25) is 0 Å². The van der Waals surface area contributed by atoms with E-state index in [2.05, 4.69) is 15.1 Å². The average Bonchev–Trinajstić information content (AvgIpc) is 3.53. The molecule has 0 radical (unpaired) electrons. The van der Waals surface area contributed by atoms with Crippen LogP contribution in [0.15, 0.2) is 55.9 Å². The van der Waals surface area contributed by atoms with Crippen molar-refractivity contribution in [3.63, 3.8) is 0 Å². The lowest BCUT2D eigenvalue weighted by molar-refractivity contribution is -0.130. The predicted molar refractivity (Wildman–Crippen MR) is 120 cm³/mol. The van der Waals surface area contributed by atoms with Gasteiger partial charge in [0.15, 0.2) is 5.16 Å². The molecule has 0 saturated heterocycles. The normalized spacial score (nSPS) is 16.3. The molecule has 5 heterocycles. The molecule has 1 unspecified atom stereocenters. The number of rotatable bonds is 5. The lowest BCUT2D eigenvalue weighted by Gasteiger charge is -2.19. The Balaban J connectivity index is 1.37. The first-order valence-electron chi connectivity index (χ1n) is 9.64. The summed E-state index contributed by atoms with van der Waals surface area (Å²) in [5.74, 6) is 1.71. The molecule has 0 bridgehead atoms. The molecule has 5 rings (SSSR count).